The van der Waals surface area contributed by atoms with E-state index in [0.29, 0.717) is 6.07 Å². The van der Waals surface area contributed by atoms with E-state index in [2.05, 4.69) is 9.47 Å². The van der Waals surface area contributed by atoms with Crippen LogP contribution in [0.5, 0.6) is 5.75 Å². The lowest BCUT2D eigenvalue weighted by atomic mass is 10.2. The van der Waals surface area contributed by atoms with Crippen molar-refractivity contribution in [3.05, 3.63) is 55.6 Å². The minimum atomic E-state index is -4.97. The average molecular weight is 425 g/mol. The number of benzene rings is 1. The van der Waals surface area contributed by atoms with E-state index in [1.54, 1.807) is 0 Å². The number of carbonyl (C=O) groups is 1. The highest BCUT2D eigenvalue weighted by atomic mass is 35.5. The van der Waals surface area contributed by atoms with E-state index in [9.17, 15) is 31.9 Å². The fraction of sp³-hybridized carbons (Fsp3) is 0.267. The van der Waals surface area contributed by atoms with Crippen molar-refractivity contribution in [1.82, 2.24) is 9.13 Å². The van der Waals surface area contributed by atoms with E-state index < -0.39 is 47.1 Å². The van der Waals surface area contributed by atoms with Gasteiger partial charge in [-0.05, 0) is 6.07 Å². The quantitative estimate of drug-likeness (QED) is 0.554. The van der Waals surface area contributed by atoms with Gasteiger partial charge in [-0.2, -0.15) is 13.2 Å². The molecular formula is C15H9ClF4N2O6. The van der Waals surface area contributed by atoms with Gasteiger partial charge in [0.05, 0.1) is 10.7 Å². The van der Waals surface area contributed by atoms with Gasteiger partial charge in [0.15, 0.2) is 6.61 Å². The molecule has 0 N–H and O–H groups in total. The number of hydrogen-bond acceptors (Lipinski definition) is 6. The molecular weight excluding hydrogens is 416 g/mol. The molecule has 0 saturated carbocycles. The summed E-state index contributed by atoms with van der Waals surface area (Å²) in [6, 6.07) is 1.66. The largest absolute Gasteiger partial charge is 0.511 e. The zero-order valence-electron chi connectivity index (χ0n) is 13.8. The molecule has 0 aliphatic carbocycles. The number of halogens is 5. The third-order valence-corrected chi connectivity index (χ3v) is 3.97. The van der Waals surface area contributed by atoms with Gasteiger partial charge in [0, 0.05) is 19.2 Å². The maximum absolute atomic E-state index is 14.3. The van der Waals surface area contributed by atoms with Gasteiger partial charge in [-0.1, -0.05) is 11.6 Å². The first-order valence-corrected chi connectivity index (χ1v) is 7.76. The highest BCUT2D eigenvalue weighted by molar-refractivity contribution is 6.32. The molecule has 2 heterocycles. The van der Waals surface area contributed by atoms with Crippen molar-refractivity contribution in [2.24, 2.45) is 7.05 Å². The van der Waals surface area contributed by atoms with Crippen molar-refractivity contribution >= 4 is 17.8 Å². The van der Waals surface area contributed by atoms with Crippen LogP contribution in [0.4, 0.5) is 22.4 Å². The van der Waals surface area contributed by atoms with Crippen molar-refractivity contribution in [2.45, 2.75) is 12.5 Å². The molecule has 0 spiro atoms. The third kappa shape index (κ3) is 3.54. The van der Waals surface area contributed by atoms with Crippen molar-refractivity contribution in [1.29, 1.82) is 0 Å². The van der Waals surface area contributed by atoms with Gasteiger partial charge < -0.3 is 14.2 Å². The first kappa shape index (κ1) is 19.7. The van der Waals surface area contributed by atoms with Crippen LogP contribution >= 0.6 is 11.6 Å². The monoisotopic (exact) mass is 424 g/mol. The van der Waals surface area contributed by atoms with Crippen LogP contribution in [0, 0.1) is 5.82 Å². The molecule has 0 amide bonds. The summed E-state index contributed by atoms with van der Waals surface area (Å²) in [7, 11) is 0.779. The Hall–Kier alpha value is -3.02. The zero-order valence-corrected chi connectivity index (χ0v) is 14.5. The number of hydrogen-bond donors (Lipinski definition) is 0. The highest BCUT2D eigenvalue weighted by Crippen LogP contribution is 2.31. The van der Waals surface area contributed by atoms with Crippen LogP contribution < -0.4 is 16.0 Å². The molecule has 2 aromatic rings. The fourth-order valence-corrected chi connectivity index (χ4v) is 2.61. The van der Waals surface area contributed by atoms with E-state index in [-0.39, 0.29) is 32.6 Å². The average Bonchev–Trinajstić information content (AvgIpc) is 2.99. The SMILES string of the molecule is Cn1c(C(F)(F)F)cc(=O)n(-c2cc(OC3COC(=O)O3)c(Cl)cc2F)c1=O. The molecule has 28 heavy (non-hydrogen) atoms. The molecule has 13 heteroatoms. The first-order valence-electron chi connectivity index (χ1n) is 7.39. The maximum Gasteiger partial charge on any atom is 0.511 e. The van der Waals surface area contributed by atoms with Crippen LogP contribution in [0.3, 0.4) is 0 Å². The smallest absolute Gasteiger partial charge is 0.449 e. The Morgan fingerprint density at radius 3 is 2.46 bits per heavy atom. The predicted molar refractivity (Wildman–Crippen MR) is 84.1 cm³/mol. The Morgan fingerprint density at radius 2 is 1.89 bits per heavy atom. The van der Waals surface area contributed by atoms with E-state index in [0.717, 1.165) is 13.1 Å². The van der Waals surface area contributed by atoms with E-state index in [4.69, 9.17) is 16.3 Å². The van der Waals surface area contributed by atoms with Crippen molar-refractivity contribution < 1.29 is 36.6 Å². The summed E-state index contributed by atoms with van der Waals surface area (Å²) in [6.45, 7) is -0.302. The van der Waals surface area contributed by atoms with E-state index in [1.807, 2.05) is 0 Å². The summed E-state index contributed by atoms with van der Waals surface area (Å²) in [6.07, 6.45) is -7.21. The lowest BCUT2D eigenvalue weighted by molar-refractivity contribution is -0.144. The fourth-order valence-electron chi connectivity index (χ4n) is 2.41. The number of nitrogens with zero attached hydrogens (tertiary/aromatic N) is 2. The highest BCUT2D eigenvalue weighted by Gasteiger charge is 2.35. The summed E-state index contributed by atoms with van der Waals surface area (Å²) < 4.78 is 67.8. The second-order valence-corrected chi connectivity index (χ2v) is 5.91. The van der Waals surface area contributed by atoms with Gasteiger partial charge in [0.25, 0.3) is 11.8 Å². The third-order valence-electron chi connectivity index (χ3n) is 3.68. The van der Waals surface area contributed by atoms with Crippen LogP contribution in [0.2, 0.25) is 5.02 Å². The molecule has 1 saturated heterocycles. The number of aromatic nitrogens is 2. The van der Waals surface area contributed by atoms with Crippen molar-refractivity contribution in [3.8, 4) is 11.4 Å². The Labute approximate surface area is 157 Å². The lowest BCUT2D eigenvalue weighted by Crippen LogP contribution is -2.41. The molecule has 1 aromatic carbocycles. The molecule has 1 fully saturated rings. The molecule has 1 atom stereocenters. The van der Waals surface area contributed by atoms with Crippen LogP contribution in [0.25, 0.3) is 5.69 Å². The maximum atomic E-state index is 14.3. The molecule has 1 aliphatic rings. The van der Waals surface area contributed by atoms with Gasteiger partial charge in [-0.15, -0.1) is 0 Å². The number of alkyl halides is 3. The van der Waals surface area contributed by atoms with Gasteiger partial charge in [-0.3, -0.25) is 9.36 Å². The van der Waals surface area contributed by atoms with Crippen molar-refractivity contribution in [3.63, 3.8) is 0 Å². The predicted octanol–water partition coefficient (Wildman–Crippen LogP) is 2.22. The standard InChI is InChI=1S/C15H9ClF4N2O6/c1-21-10(15(18,19)20)4-11(23)22(13(21)24)8-3-9(6(16)2-7(8)17)27-12-5-26-14(25)28-12/h2-4,12H,5H2,1H3. The normalized spacial score (nSPS) is 16.6. The Morgan fingerprint density at radius 1 is 1.21 bits per heavy atom. The minimum absolute atomic E-state index is 0.155. The molecule has 0 radical (unpaired) electrons. The molecule has 0 bridgehead atoms. The molecule has 150 valence electrons. The zero-order chi connectivity index (χ0) is 20.8. The minimum Gasteiger partial charge on any atom is -0.449 e. The molecule has 1 aromatic heterocycles. The van der Waals surface area contributed by atoms with Crippen LogP contribution in [-0.2, 0) is 22.7 Å². The van der Waals surface area contributed by atoms with E-state index >= 15 is 0 Å². The molecule has 3 rings (SSSR count). The summed E-state index contributed by atoms with van der Waals surface area (Å²) in [4.78, 5) is 35.3. The summed E-state index contributed by atoms with van der Waals surface area (Å²) in [5.74, 6) is -1.47. The topological polar surface area (TPSA) is 88.8 Å². The summed E-state index contributed by atoms with van der Waals surface area (Å²) in [5, 5.41) is -0.305. The Bertz CT molecular complexity index is 1080. The number of carbonyl (C=O) groups excluding carboxylic acids is 1. The van der Waals surface area contributed by atoms with Gasteiger partial charge in [-0.25, -0.2) is 18.5 Å². The van der Waals surface area contributed by atoms with Gasteiger partial charge in [0.1, 0.15) is 17.3 Å². The van der Waals surface area contributed by atoms with Crippen molar-refractivity contribution in [2.75, 3.05) is 6.61 Å². The van der Waals surface area contributed by atoms with Gasteiger partial charge in [0.2, 0.25) is 0 Å². The van der Waals surface area contributed by atoms with Crippen LogP contribution in [0.15, 0.2) is 27.8 Å². The summed E-state index contributed by atoms with van der Waals surface area (Å²) >= 11 is 5.83. The van der Waals surface area contributed by atoms with Crippen LogP contribution in [-0.4, -0.2) is 28.2 Å². The van der Waals surface area contributed by atoms with Gasteiger partial charge >= 0.3 is 18.0 Å². The lowest BCUT2D eigenvalue weighted by Gasteiger charge is -2.16. The first-order chi connectivity index (χ1) is 13.0. The van der Waals surface area contributed by atoms with E-state index in [1.165, 1.54) is 0 Å². The molecule has 1 unspecified atom stereocenters. The summed E-state index contributed by atoms with van der Waals surface area (Å²) in [5.41, 5.74) is -5.07. The Kier molecular flexibility index (Phi) is 4.83. The molecule has 8 nitrogen and oxygen atoms in total. The second-order valence-electron chi connectivity index (χ2n) is 5.50. The second kappa shape index (κ2) is 6.86. The Balaban J connectivity index is 2.13. The van der Waals surface area contributed by atoms with Crippen LogP contribution in [0.1, 0.15) is 5.69 Å². The number of ether oxygens (including phenoxy) is 3. The number of cyclic esters (lactones) is 2. The molecule has 1 aliphatic heterocycles. The number of rotatable bonds is 3.